The Morgan fingerprint density at radius 3 is 2.32 bits per heavy atom. The normalized spacial score (nSPS) is 18.3. The molecule has 3 N–H and O–H groups in total. The molecule has 0 unspecified atom stereocenters. The van der Waals surface area contributed by atoms with Crippen LogP contribution >= 0.6 is 39.1 Å². The molecule has 164 valence electrons. The molecule has 1 aliphatic heterocycles. The molecule has 0 saturated carbocycles. The van der Waals surface area contributed by atoms with Gasteiger partial charge in [0.05, 0.1) is 10.0 Å². The standard InChI is InChI=1S/C24H26BrCl2N3O/c1-23(2)11-15(12-24(3,4)30-23)28-22(31)13-5-6-16(17(25)7-13)21-9-14-8-18(26)19(27)10-20(14)29-21/h5-10,15,29-30H,11-12H2,1-4H3,(H,28,31). The third kappa shape index (κ3) is 4.95. The van der Waals surface area contributed by atoms with Gasteiger partial charge in [-0.05, 0) is 70.9 Å². The first-order valence-corrected chi connectivity index (χ1v) is 11.9. The first kappa shape index (κ1) is 22.7. The maximum absolute atomic E-state index is 13.0. The van der Waals surface area contributed by atoms with E-state index in [1.807, 2.05) is 36.4 Å². The number of H-pyrrole nitrogens is 1. The minimum Gasteiger partial charge on any atom is -0.354 e. The zero-order valence-electron chi connectivity index (χ0n) is 18.0. The molecule has 1 amide bonds. The largest absolute Gasteiger partial charge is 0.354 e. The summed E-state index contributed by atoms with van der Waals surface area (Å²) in [5.74, 6) is -0.0547. The Hall–Kier alpha value is -1.53. The second-order valence-corrected chi connectivity index (χ2v) is 11.4. The van der Waals surface area contributed by atoms with Crippen LogP contribution in [0.2, 0.25) is 10.0 Å². The van der Waals surface area contributed by atoms with Gasteiger partial charge in [-0.1, -0.05) is 45.2 Å². The van der Waals surface area contributed by atoms with Gasteiger partial charge in [-0.15, -0.1) is 0 Å². The second kappa shape index (κ2) is 8.11. The van der Waals surface area contributed by atoms with Crippen LogP contribution in [0.5, 0.6) is 0 Å². The Balaban J connectivity index is 1.55. The third-order valence-electron chi connectivity index (χ3n) is 5.71. The van der Waals surface area contributed by atoms with Crippen LogP contribution in [0.4, 0.5) is 0 Å². The van der Waals surface area contributed by atoms with Gasteiger partial charge in [-0.3, -0.25) is 4.79 Å². The number of carbonyl (C=O) groups is 1. The van der Waals surface area contributed by atoms with Gasteiger partial charge in [0.2, 0.25) is 0 Å². The minimum absolute atomic E-state index is 0.0223. The van der Waals surface area contributed by atoms with E-state index in [1.165, 1.54) is 0 Å². The van der Waals surface area contributed by atoms with Crippen LogP contribution in [-0.4, -0.2) is 28.0 Å². The molecule has 1 fully saturated rings. The summed E-state index contributed by atoms with van der Waals surface area (Å²) in [6.45, 7) is 8.72. The fourth-order valence-electron chi connectivity index (χ4n) is 4.84. The summed E-state index contributed by atoms with van der Waals surface area (Å²) in [6.07, 6.45) is 1.78. The number of amides is 1. The van der Waals surface area contributed by atoms with Crippen LogP contribution in [0.3, 0.4) is 0 Å². The lowest BCUT2D eigenvalue weighted by Gasteiger charge is -2.46. The molecule has 1 aromatic heterocycles. The highest BCUT2D eigenvalue weighted by Crippen LogP contribution is 2.34. The number of piperidine rings is 1. The Morgan fingerprint density at radius 2 is 1.68 bits per heavy atom. The lowest BCUT2D eigenvalue weighted by molar-refractivity contribution is 0.0873. The molecule has 31 heavy (non-hydrogen) atoms. The van der Waals surface area contributed by atoms with E-state index in [0.29, 0.717) is 15.6 Å². The van der Waals surface area contributed by atoms with E-state index in [-0.39, 0.29) is 23.0 Å². The zero-order valence-corrected chi connectivity index (χ0v) is 21.1. The number of carbonyl (C=O) groups excluding carboxylic acids is 1. The molecule has 2 aromatic carbocycles. The molecule has 0 aliphatic carbocycles. The molecule has 2 heterocycles. The average Bonchev–Trinajstić information content (AvgIpc) is 3.01. The number of fused-ring (bicyclic) bond motifs is 1. The maximum atomic E-state index is 13.0. The smallest absolute Gasteiger partial charge is 0.251 e. The number of rotatable bonds is 3. The third-order valence-corrected chi connectivity index (χ3v) is 7.09. The fourth-order valence-corrected chi connectivity index (χ4v) is 5.77. The summed E-state index contributed by atoms with van der Waals surface area (Å²) in [5, 5.41) is 8.89. The second-order valence-electron chi connectivity index (χ2n) is 9.70. The van der Waals surface area contributed by atoms with Crippen LogP contribution in [0.1, 0.15) is 50.9 Å². The van der Waals surface area contributed by atoms with Crippen molar-refractivity contribution in [1.29, 1.82) is 0 Å². The predicted molar refractivity (Wildman–Crippen MR) is 133 cm³/mol. The zero-order chi connectivity index (χ0) is 22.6. The Kier molecular flexibility index (Phi) is 5.93. The fraction of sp³-hybridized carbons (Fsp3) is 0.375. The molecule has 1 saturated heterocycles. The quantitative estimate of drug-likeness (QED) is 0.348. The number of hydrogen-bond donors (Lipinski definition) is 3. The number of hydrogen-bond acceptors (Lipinski definition) is 2. The average molecular weight is 523 g/mol. The van der Waals surface area contributed by atoms with Crippen molar-refractivity contribution in [2.45, 2.75) is 57.7 Å². The van der Waals surface area contributed by atoms with Crippen LogP contribution in [0, 0.1) is 0 Å². The SMILES string of the molecule is CC1(C)CC(NC(=O)c2ccc(-c3cc4cc(Cl)c(Cl)cc4[nH]3)c(Br)c2)CC(C)(C)N1. The molecule has 3 aromatic rings. The van der Waals surface area contributed by atoms with Gasteiger partial charge in [0.1, 0.15) is 0 Å². The van der Waals surface area contributed by atoms with Crippen LogP contribution in [0.25, 0.3) is 22.2 Å². The summed E-state index contributed by atoms with van der Waals surface area (Å²) in [4.78, 5) is 16.3. The summed E-state index contributed by atoms with van der Waals surface area (Å²) < 4.78 is 0.842. The summed E-state index contributed by atoms with van der Waals surface area (Å²) in [5.41, 5.74) is 3.39. The molecule has 7 heteroatoms. The molecule has 4 rings (SSSR count). The Morgan fingerprint density at radius 1 is 1.03 bits per heavy atom. The van der Waals surface area contributed by atoms with Gasteiger partial charge in [-0.25, -0.2) is 0 Å². The number of benzene rings is 2. The van der Waals surface area contributed by atoms with Crippen molar-refractivity contribution in [1.82, 2.24) is 15.6 Å². The molecule has 0 atom stereocenters. The summed E-state index contributed by atoms with van der Waals surface area (Å²) >= 11 is 15.9. The van der Waals surface area contributed by atoms with E-state index in [1.54, 1.807) is 0 Å². The van der Waals surface area contributed by atoms with Crippen LogP contribution in [0.15, 0.2) is 40.9 Å². The molecular formula is C24H26BrCl2N3O. The number of nitrogens with one attached hydrogen (secondary N) is 3. The molecule has 0 radical (unpaired) electrons. The van der Waals surface area contributed by atoms with Gasteiger partial charge in [0, 0.05) is 49.3 Å². The van der Waals surface area contributed by atoms with Gasteiger partial charge in [0.15, 0.2) is 0 Å². The van der Waals surface area contributed by atoms with Crippen molar-refractivity contribution in [2.24, 2.45) is 0 Å². The highest BCUT2D eigenvalue weighted by atomic mass is 79.9. The highest BCUT2D eigenvalue weighted by molar-refractivity contribution is 9.10. The minimum atomic E-state index is -0.0547. The van der Waals surface area contributed by atoms with E-state index >= 15 is 0 Å². The highest BCUT2D eigenvalue weighted by Gasteiger charge is 2.38. The number of aromatic amines is 1. The summed E-state index contributed by atoms with van der Waals surface area (Å²) in [7, 11) is 0. The molecule has 0 bridgehead atoms. The summed E-state index contributed by atoms with van der Waals surface area (Å²) in [6, 6.07) is 11.5. The van der Waals surface area contributed by atoms with Gasteiger partial charge in [-0.2, -0.15) is 0 Å². The first-order valence-electron chi connectivity index (χ1n) is 10.3. The lowest BCUT2D eigenvalue weighted by atomic mass is 9.79. The van der Waals surface area contributed by atoms with Crippen molar-refractivity contribution in [3.8, 4) is 11.3 Å². The van der Waals surface area contributed by atoms with Crippen LogP contribution in [-0.2, 0) is 0 Å². The molecular weight excluding hydrogens is 497 g/mol. The monoisotopic (exact) mass is 521 g/mol. The van der Waals surface area contributed by atoms with Gasteiger partial charge >= 0.3 is 0 Å². The van der Waals surface area contributed by atoms with E-state index in [2.05, 4.69) is 59.2 Å². The van der Waals surface area contributed by atoms with Crippen molar-refractivity contribution < 1.29 is 4.79 Å². The van der Waals surface area contributed by atoms with Crippen molar-refractivity contribution in [3.63, 3.8) is 0 Å². The van der Waals surface area contributed by atoms with Crippen LogP contribution < -0.4 is 10.6 Å². The first-order chi connectivity index (χ1) is 14.4. The predicted octanol–water partition coefficient (Wildman–Crippen LogP) is 6.94. The maximum Gasteiger partial charge on any atom is 0.251 e. The van der Waals surface area contributed by atoms with Gasteiger partial charge < -0.3 is 15.6 Å². The topological polar surface area (TPSA) is 56.9 Å². The Bertz CT molecular complexity index is 1110. The van der Waals surface area contributed by atoms with E-state index in [4.69, 9.17) is 23.2 Å². The van der Waals surface area contributed by atoms with Crippen molar-refractivity contribution in [3.05, 3.63) is 56.5 Å². The van der Waals surface area contributed by atoms with Gasteiger partial charge in [0.25, 0.3) is 5.91 Å². The molecule has 0 spiro atoms. The van der Waals surface area contributed by atoms with Crippen molar-refractivity contribution >= 4 is 55.9 Å². The number of aromatic nitrogens is 1. The number of halogens is 3. The van der Waals surface area contributed by atoms with Crippen molar-refractivity contribution in [2.75, 3.05) is 0 Å². The van der Waals surface area contributed by atoms with E-state index in [9.17, 15) is 4.79 Å². The lowest BCUT2D eigenvalue weighted by Crippen LogP contribution is -2.62. The van der Waals surface area contributed by atoms with E-state index in [0.717, 1.165) is 39.5 Å². The molecule has 1 aliphatic rings. The van der Waals surface area contributed by atoms with E-state index < -0.39 is 0 Å². The Labute approximate surface area is 201 Å². The molecule has 4 nitrogen and oxygen atoms in total.